The largest absolute Gasteiger partial charge is 0.334 e. The van der Waals surface area contributed by atoms with E-state index < -0.39 is 0 Å². The number of anilines is 1. The number of benzene rings is 2. The van der Waals surface area contributed by atoms with Crippen LogP contribution in [0.3, 0.4) is 0 Å². The van der Waals surface area contributed by atoms with Crippen LogP contribution in [0, 0.1) is 18.3 Å². The van der Waals surface area contributed by atoms with Gasteiger partial charge < -0.3 is 10.2 Å². The molecule has 0 aliphatic carbocycles. The van der Waals surface area contributed by atoms with Gasteiger partial charge in [-0.1, -0.05) is 6.07 Å². The molecule has 2 amide bonds. The second kappa shape index (κ2) is 7.90. The smallest absolute Gasteiger partial charge is 0.255 e. The first-order chi connectivity index (χ1) is 14.1. The van der Waals surface area contributed by atoms with Gasteiger partial charge in [-0.05, 0) is 72.3 Å². The summed E-state index contributed by atoms with van der Waals surface area (Å²) in [5, 5.41) is 13.8. The van der Waals surface area contributed by atoms with E-state index in [1.165, 1.54) is 10.4 Å². The Hall–Kier alpha value is -3.43. The van der Waals surface area contributed by atoms with Gasteiger partial charge in [-0.25, -0.2) is 0 Å². The third kappa shape index (κ3) is 3.78. The molecule has 1 aromatic heterocycles. The van der Waals surface area contributed by atoms with E-state index in [-0.39, 0.29) is 11.8 Å². The molecular weight excluding hydrogens is 382 g/mol. The van der Waals surface area contributed by atoms with Crippen molar-refractivity contribution in [3.63, 3.8) is 0 Å². The molecule has 1 N–H and O–H groups in total. The van der Waals surface area contributed by atoms with Crippen LogP contribution in [0.25, 0.3) is 0 Å². The van der Waals surface area contributed by atoms with Crippen LogP contribution in [-0.2, 0) is 13.0 Å². The van der Waals surface area contributed by atoms with Crippen LogP contribution >= 0.6 is 11.3 Å². The van der Waals surface area contributed by atoms with Gasteiger partial charge in [0.2, 0.25) is 0 Å². The van der Waals surface area contributed by atoms with Crippen molar-refractivity contribution in [2.24, 2.45) is 0 Å². The van der Waals surface area contributed by atoms with Crippen LogP contribution in [0.1, 0.15) is 42.3 Å². The van der Waals surface area contributed by atoms with Crippen molar-refractivity contribution >= 4 is 28.8 Å². The number of nitrogens with one attached hydrogen (secondary N) is 1. The topological polar surface area (TPSA) is 73.2 Å². The monoisotopic (exact) mass is 401 g/mol. The summed E-state index contributed by atoms with van der Waals surface area (Å²) in [5.74, 6) is -0.295. The van der Waals surface area contributed by atoms with Gasteiger partial charge in [0.15, 0.2) is 0 Å². The summed E-state index contributed by atoms with van der Waals surface area (Å²) in [4.78, 5) is 28.9. The van der Waals surface area contributed by atoms with Gasteiger partial charge in [0, 0.05) is 34.8 Å². The van der Waals surface area contributed by atoms with Gasteiger partial charge in [0.25, 0.3) is 11.8 Å². The first-order valence-electron chi connectivity index (χ1n) is 9.32. The summed E-state index contributed by atoms with van der Waals surface area (Å²) in [6.07, 6.45) is 0.882. The number of hydrogen-bond donors (Lipinski definition) is 1. The number of carbonyl (C=O) groups excluding carboxylic acids is 2. The molecule has 2 heterocycles. The predicted octanol–water partition coefficient (Wildman–Crippen LogP) is 4.38. The van der Waals surface area contributed by atoms with E-state index in [2.05, 4.69) is 16.8 Å². The number of rotatable bonds is 3. The second-order valence-corrected chi connectivity index (χ2v) is 7.97. The van der Waals surface area contributed by atoms with Gasteiger partial charge >= 0.3 is 0 Å². The zero-order valence-corrected chi connectivity index (χ0v) is 16.8. The Morgan fingerprint density at radius 1 is 1.14 bits per heavy atom. The van der Waals surface area contributed by atoms with Crippen LogP contribution < -0.4 is 5.32 Å². The fourth-order valence-corrected chi connectivity index (χ4v) is 4.38. The highest BCUT2D eigenvalue weighted by molar-refractivity contribution is 7.10. The zero-order valence-electron chi connectivity index (χ0n) is 15.9. The predicted molar refractivity (Wildman–Crippen MR) is 113 cm³/mol. The van der Waals surface area contributed by atoms with E-state index in [0.29, 0.717) is 35.5 Å². The summed E-state index contributed by atoms with van der Waals surface area (Å²) >= 11 is 1.74. The van der Waals surface area contributed by atoms with E-state index in [1.54, 1.807) is 53.8 Å². The molecule has 0 saturated carbocycles. The van der Waals surface area contributed by atoms with Crippen LogP contribution in [-0.4, -0.2) is 23.3 Å². The van der Waals surface area contributed by atoms with Crippen molar-refractivity contribution in [2.45, 2.75) is 19.9 Å². The molecule has 1 aliphatic heterocycles. The first-order valence-corrected chi connectivity index (χ1v) is 10.2. The molecule has 3 aromatic rings. The van der Waals surface area contributed by atoms with Gasteiger partial charge in [0.1, 0.15) is 0 Å². The summed E-state index contributed by atoms with van der Waals surface area (Å²) in [6.45, 7) is 3.17. The molecule has 0 radical (unpaired) electrons. The van der Waals surface area contributed by atoms with Crippen LogP contribution in [0.2, 0.25) is 0 Å². The zero-order chi connectivity index (χ0) is 20.4. The maximum absolute atomic E-state index is 13.1. The lowest BCUT2D eigenvalue weighted by Crippen LogP contribution is -2.35. The minimum absolute atomic E-state index is 0.0196. The Labute approximate surface area is 173 Å². The van der Waals surface area contributed by atoms with Crippen molar-refractivity contribution in [2.75, 3.05) is 11.9 Å². The van der Waals surface area contributed by atoms with Crippen LogP contribution in [0.4, 0.5) is 5.69 Å². The average Bonchev–Trinajstić information content (AvgIpc) is 3.22. The molecule has 0 saturated heterocycles. The summed E-state index contributed by atoms with van der Waals surface area (Å²) in [7, 11) is 0. The van der Waals surface area contributed by atoms with E-state index in [9.17, 15) is 9.59 Å². The third-order valence-corrected chi connectivity index (χ3v) is 6.21. The highest BCUT2D eigenvalue weighted by Gasteiger charge is 2.24. The molecule has 144 valence electrons. The number of fused-ring (bicyclic) bond motifs is 1. The van der Waals surface area contributed by atoms with E-state index in [1.807, 2.05) is 17.9 Å². The quantitative estimate of drug-likeness (QED) is 0.708. The van der Waals surface area contributed by atoms with E-state index >= 15 is 0 Å². The molecule has 4 rings (SSSR count). The minimum Gasteiger partial charge on any atom is -0.334 e. The number of nitrogens with zero attached hydrogens (tertiary/aromatic N) is 2. The van der Waals surface area contributed by atoms with E-state index in [4.69, 9.17) is 5.26 Å². The molecule has 29 heavy (non-hydrogen) atoms. The van der Waals surface area contributed by atoms with Gasteiger partial charge in [0.05, 0.1) is 11.6 Å². The Morgan fingerprint density at radius 2 is 1.93 bits per heavy atom. The summed E-state index contributed by atoms with van der Waals surface area (Å²) in [5.41, 5.74) is 4.13. The summed E-state index contributed by atoms with van der Waals surface area (Å²) in [6, 6.07) is 15.9. The van der Waals surface area contributed by atoms with Crippen molar-refractivity contribution < 1.29 is 9.59 Å². The Bertz CT molecular complexity index is 1130. The number of nitriles is 1. The van der Waals surface area contributed by atoms with Gasteiger partial charge in [-0.15, -0.1) is 11.3 Å². The lowest BCUT2D eigenvalue weighted by atomic mass is 10.0. The van der Waals surface area contributed by atoms with E-state index in [0.717, 1.165) is 12.0 Å². The lowest BCUT2D eigenvalue weighted by Gasteiger charge is -2.28. The number of carbonyl (C=O) groups is 2. The van der Waals surface area contributed by atoms with Crippen LogP contribution in [0.5, 0.6) is 0 Å². The van der Waals surface area contributed by atoms with Gasteiger partial charge in [-0.3, -0.25) is 9.59 Å². The number of hydrogen-bond acceptors (Lipinski definition) is 4. The maximum Gasteiger partial charge on any atom is 0.255 e. The molecule has 6 heteroatoms. The minimum atomic E-state index is -0.275. The van der Waals surface area contributed by atoms with Crippen molar-refractivity contribution in [1.29, 1.82) is 5.26 Å². The molecule has 2 aromatic carbocycles. The third-order valence-electron chi connectivity index (χ3n) is 5.18. The molecule has 5 nitrogen and oxygen atoms in total. The second-order valence-electron chi connectivity index (χ2n) is 6.97. The molecular formula is C23H19N3O2S. The number of amides is 2. The number of thiophene rings is 1. The molecule has 0 fully saturated rings. The lowest BCUT2D eigenvalue weighted by molar-refractivity contribution is 0.0735. The molecule has 1 aliphatic rings. The van der Waals surface area contributed by atoms with Gasteiger partial charge in [-0.2, -0.15) is 5.26 Å². The maximum atomic E-state index is 13.1. The molecule has 0 atom stereocenters. The molecule has 0 spiro atoms. The Kier molecular flexibility index (Phi) is 5.15. The highest BCUT2D eigenvalue weighted by atomic mass is 32.1. The van der Waals surface area contributed by atoms with Crippen molar-refractivity contribution in [1.82, 2.24) is 4.90 Å². The molecule has 0 unspecified atom stereocenters. The fraction of sp³-hybridized carbons (Fsp3) is 0.174. The fourth-order valence-electron chi connectivity index (χ4n) is 3.49. The Morgan fingerprint density at radius 3 is 2.69 bits per heavy atom. The highest BCUT2D eigenvalue weighted by Crippen LogP contribution is 2.27. The summed E-state index contributed by atoms with van der Waals surface area (Å²) < 4.78 is 0. The van der Waals surface area contributed by atoms with Crippen LogP contribution in [0.15, 0.2) is 53.9 Å². The first kappa shape index (κ1) is 18.9. The molecule has 0 bridgehead atoms. The Balaban J connectivity index is 1.53. The normalized spacial score (nSPS) is 12.8. The average molecular weight is 401 g/mol. The standard InChI is InChI=1S/C23H19N3O2S/c1-15-19(23(28)26-11-9-21-18(14-26)10-12-29-21)3-2-4-20(15)25-22(27)17-7-5-16(13-24)6-8-17/h2-8,10,12H,9,11,14H2,1H3,(H,25,27). The van der Waals surface area contributed by atoms with Crippen molar-refractivity contribution in [3.05, 3.63) is 86.6 Å². The van der Waals surface area contributed by atoms with Crippen molar-refractivity contribution in [3.8, 4) is 6.07 Å². The SMILES string of the molecule is Cc1c(NC(=O)c2ccc(C#N)cc2)cccc1C(=O)N1CCc2sccc2C1.